The van der Waals surface area contributed by atoms with Gasteiger partial charge in [0.1, 0.15) is 22.2 Å². The van der Waals surface area contributed by atoms with Gasteiger partial charge in [-0.3, -0.25) is 19.3 Å². The number of aryl methyl sites for hydroxylation is 2. The zero-order valence-electron chi connectivity index (χ0n) is 20.9. The zero-order chi connectivity index (χ0) is 27.6. The summed E-state index contributed by atoms with van der Waals surface area (Å²) in [6, 6.07) is 13.1. The maximum Gasteiger partial charge on any atom is 0.273 e. The van der Waals surface area contributed by atoms with Gasteiger partial charge >= 0.3 is 0 Å². The largest absolute Gasteiger partial charge is 0.464 e. The van der Waals surface area contributed by atoms with Crippen molar-refractivity contribution in [1.29, 1.82) is 0 Å². The average molecular weight is 536 g/mol. The third kappa shape index (κ3) is 5.28. The van der Waals surface area contributed by atoms with E-state index in [0.29, 0.717) is 17.0 Å². The number of nitrogen functional groups attached to an aromatic ring is 1. The molecule has 1 unspecified atom stereocenters. The van der Waals surface area contributed by atoms with Gasteiger partial charge in [0.05, 0.1) is 5.69 Å². The molecule has 9 nitrogen and oxygen atoms in total. The quantitative estimate of drug-likeness (QED) is 0.309. The number of carbonyl (C=O) groups excluding carboxylic acids is 3. The van der Waals surface area contributed by atoms with E-state index in [4.69, 9.17) is 15.9 Å². The third-order valence-electron chi connectivity index (χ3n) is 6.13. The van der Waals surface area contributed by atoms with Gasteiger partial charge in [-0.05, 0) is 79.3 Å². The van der Waals surface area contributed by atoms with Gasteiger partial charge in [0.2, 0.25) is 0 Å². The van der Waals surface area contributed by atoms with Crippen molar-refractivity contribution in [3.63, 3.8) is 0 Å². The summed E-state index contributed by atoms with van der Waals surface area (Å²) in [6.45, 7) is 5.52. The van der Waals surface area contributed by atoms with Crippen molar-refractivity contribution in [3.05, 3.63) is 99.2 Å². The lowest BCUT2D eigenvalue weighted by Crippen LogP contribution is -2.44. The molecular weight excluding hydrogens is 509 g/mol. The first-order valence-electron chi connectivity index (χ1n) is 11.6. The lowest BCUT2D eigenvalue weighted by atomic mass is 10.0. The standard InChI is InChI=1S/C27H26FN5O4S/c1-14-5-4-6-19(16(14)3)33(27(36)24-21(29)22(25(30)34)32-38-24)23(20-12-7-15(2)37-20)26(35)31-13-17-8-10-18(28)11-9-17/h4-12,23H,13,29H2,1-3H3,(H2,30,34)(H,31,35). The lowest BCUT2D eigenvalue weighted by Gasteiger charge is -2.31. The topological polar surface area (TPSA) is 145 Å². The molecule has 0 aliphatic rings. The summed E-state index contributed by atoms with van der Waals surface area (Å²) in [5.41, 5.74) is 13.8. The Kier molecular flexibility index (Phi) is 7.58. The lowest BCUT2D eigenvalue weighted by molar-refractivity contribution is -0.123. The summed E-state index contributed by atoms with van der Waals surface area (Å²) in [4.78, 5) is 40.9. The summed E-state index contributed by atoms with van der Waals surface area (Å²) in [5, 5.41) is 2.82. The minimum absolute atomic E-state index is 0.0423. The fraction of sp³-hybridized carbons (Fsp3) is 0.185. The van der Waals surface area contributed by atoms with Crippen molar-refractivity contribution < 1.29 is 23.2 Å². The second-order valence-electron chi connectivity index (χ2n) is 8.73. The smallest absolute Gasteiger partial charge is 0.273 e. The van der Waals surface area contributed by atoms with E-state index in [1.54, 1.807) is 43.3 Å². The first kappa shape index (κ1) is 26.6. The molecule has 1 atom stereocenters. The van der Waals surface area contributed by atoms with Crippen LogP contribution in [0.25, 0.3) is 0 Å². The molecule has 0 bridgehead atoms. The number of amides is 3. The van der Waals surface area contributed by atoms with Crippen LogP contribution in [-0.4, -0.2) is 22.1 Å². The number of benzene rings is 2. The van der Waals surface area contributed by atoms with Crippen LogP contribution in [0.3, 0.4) is 0 Å². The van der Waals surface area contributed by atoms with Gasteiger partial charge in [0.15, 0.2) is 11.7 Å². The molecular formula is C27H26FN5O4S. The summed E-state index contributed by atoms with van der Waals surface area (Å²) in [7, 11) is 0. The van der Waals surface area contributed by atoms with Crippen molar-refractivity contribution in [2.24, 2.45) is 5.73 Å². The highest BCUT2D eigenvalue weighted by Gasteiger charge is 2.38. The van der Waals surface area contributed by atoms with Gasteiger partial charge in [0, 0.05) is 12.2 Å². The van der Waals surface area contributed by atoms with Crippen LogP contribution in [0.2, 0.25) is 0 Å². The number of hydrogen-bond donors (Lipinski definition) is 3. The molecule has 11 heteroatoms. The number of aromatic nitrogens is 1. The number of rotatable bonds is 8. The van der Waals surface area contributed by atoms with Crippen molar-refractivity contribution in [1.82, 2.24) is 9.69 Å². The Bertz CT molecular complexity index is 1510. The molecule has 0 spiro atoms. The van der Waals surface area contributed by atoms with E-state index in [9.17, 15) is 18.8 Å². The molecule has 0 fully saturated rings. The molecule has 0 aliphatic carbocycles. The van der Waals surface area contributed by atoms with Crippen LogP contribution in [0.5, 0.6) is 0 Å². The van der Waals surface area contributed by atoms with Crippen LogP contribution in [0.1, 0.15) is 54.4 Å². The molecule has 0 saturated heterocycles. The summed E-state index contributed by atoms with van der Waals surface area (Å²) in [5.74, 6) is -1.71. The number of halogens is 1. The van der Waals surface area contributed by atoms with E-state index in [1.807, 2.05) is 19.9 Å². The maximum atomic E-state index is 14.1. The molecule has 2 aromatic heterocycles. The Labute approximate surface area is 222 Å². The fourth-order valence-electron chi connectivity index (χ4n) is 3.96. The highest BCUT2D eigenvalue weighted by atomic mass is 32.1. The highest BCUT2D eigenvalue weighted by molar-refractivity contribution is 7.09. The van der Waals surface area contributed by atoms with Gasteiger partial charge in [-0.15, -0.1) is 0 Å². The number of anilines is 2. The predicted molar refractivity (Wildman–Crippen MR) is 142 cm³/mol. The zero-order valence-corrected chi connectivity index (χ0v) is 21.8. The van der Waals surface area contributed by atoms with Gasteiger partial charge in [-0.2, -0.15) is 4.37 Å². The van der Waals surface area contributed by atoms with E-state index in [0.717, 1.165) is 22.7 Å². The molecule has 0 aliphatic heterocycles. The molecule has 0 radical (unpaired) electrons. The Morgan fingerprint density at radius 1 is 1.08 bits per heavy atom. The van der Waals surface area contributed by atoms with Gasteiger partial charge in [-0.25, -0.2) is 4.39 Å². The van der Waals surface area contributed by atoms with E-state index in [-0.39, 0.29) is 28.6 Å². The minimum Gasteiger partial charge on any atom is -0.464 e. The number of nitrogens with two attached hydrogens (primary N) is 2. The first-order chi connectivity index (χ1) is 18.1. The van der Waals surface area contributed by atoms with Crippen LogP contribution >= 0.6 is 11.5 Å². The van der Waals surface area contributed by atoms with Crippen molar-refractivity contribution in [2.75, 3.05) is 10.6 Å². The second-order valence-corrected chi connectivity index (χ2v) is 9.50. The number of nitrogens with zero attached hydrogens (tertiary/aromatic N) is 2. The highest BCUT2D eigenvalue weighted by Crippen LogP contribution is 2.36. The fourth-order valence-corrected chi connectivity index (χ4v) is 4.71. The molecule has 4 aromatic rings. The third-order valence-corrected chi connectivity index (χ3v) is 6.98. The summed E-state index contributed by atoms with van der Waals surface area (Å²) < 4.78 is 23.1. The van der Waals surface area contributed by atoms with E-state index in [1.165, 1.54) is 17.0 Å². The van der Waals surface area contributed by atoms with Crippen molar-refractivity contribution in [2.45, 2.75) is 33.4 Å². The van der Waals surface area contributed by atoms with Gasteiger partial charge in [-0.1, -0.05) is 24.3 Å². The number of primary amides is 1. The van der Waals surface area contributed by atoms with Crippen molar-refractivity contribution >= 4 is 40.6 Å². The predicted octanol–water partition coefficient (Wildman–Crippen LogP) is 4.19. The molecule has 4 rings (SSSR count). The normalized spacial score (nSPS) is 11.7. The number of nitrogens with one attached hydrogen (secondary N) is 1. The molecule has 5 N–H and O–H groups in total. The Hall–Kier alpha value is -4.51. The average Bonchev–Trinajstić information content (AvgIpc) is 3.48. The number of carbonyl (C=O) groups is 3. The SMILES string of the molecule is Cc1ccc(C(C(=O)NCc2ccc(F)cc2)N(C(=O)c2snc(C(N)=O)c2N)c2cccc(C)c2C)o1. The Balaban J connectivity index is 1.83. The minimum atomic E-state index is -1.25. The second kappa shape index (κ2) is 10.9. The molecule has 0 saturated carbocycles. The van der Waals surface area contributed by atoms with Crippen LogP contribution in [0.4, 0.5) is 15.8 Å². The molecule has 2 heterocycles. The molecule has 196 valence electrons. The van der Waals surface area contributed by atoms with E-state index >= 15 is 0 Å². The molecule has 2 aromatic carbocycles. The Morgan fingerprint density at radius 3 is 2.39 bits per heavy atom. The molecule has 38 heavy (non-hydrogen) atoms. The summed E-state index contributed by atoms with van der Waals surface area (Å²) >= 11 is 0.722. The Morgan fingerprint density at radius 2 is 1.79 bits per heavy atom. The maximum absolute atomic E-state index is 14.1. The number of hydrogen-bond acceptors (Lipinski definition) is 7. The van der Waals surface area contributed by atoms with E-state index in [2.05, 4.69) is 9.69 Å². The van der Waals surface area contributed by atoms with Crippen molar-refractivity contribution in [3.8, 4) is 0 Å². The van der Waals surface area contributed by atoms with Crippen LogP contribution in [0, 0.1) is 26.6 Å². The van der Waals surface area contributed by atoms with Crippen LogP contribution < -0.4 is 21.7 Å². The number of furan rings is 1. The first-order valence-corrected chi connectivity index (χ1v) is 12.4. The van der Waals surface area contributed by atoms with Gasteiger partial charge in [0.25, 0.3) is 17.7 Å². The monoisotopic (exact) mass is 535 g/mol. The van der Waals surface area contributed by atoms with Gasteiger partial charge < -0.3 is 21.2 Å². The summed E-state index contributed by atoms with van der Waals surface area (Å²) in [6.07, 6.45) is 0. The van der Waals surface area contributed by atoms with E-state index < -0.39 is 29.6 Å². The van der Waals surface area contributed by atoms with Crippen LogP contribution in [-0.2, 0) is 11.3 Å². The molecule has 3 amide bonds. The van der Waals surface area contributed by atoms with Crippen LogP contribution in [0.15, 0.2) is 59.0 Å².